The lowest BCUT2D eigenvalue weighted by Crippen LogP contribution is -2.52. The first-order valence-corrected chi connectivity index (χ1v) is 10.8. The van der Waals surface area contributed by atoms with Crippen molar-refractivity contribution in [3.63, 3.8) is 0 Å². The molecule has 3 N–H and O–H groups in total. The molecule has 156 valence electrons. The van der Waals surface area contributed by atoms with E-state index < -0.39 is 6.04 Å². The van der Waals surface area contributed by atoms with Crippen molar-refractivity contribution >= 4 is 17.7 Å². The molecule has 0 aromatic heterocycles. The van der Waals surface area contributed by atoms with Crippen LogP contribution in [0.5, 0.6) is 0 Å². The van der Waals surface area contributed by atoms with Crippen molar-refractivity contribution in [2.45, 2.75) is 57.7 Å². The zero-order chi connectivity index (χ0) is 20.2. The molecule has 3 aliphatic rings. The Morgan fingerprint density at radius 1 is 1.07 bits per heavy atom. The quantitative estimate of drug-likeness (QED) is 0.651. The predicted octanol–water partition coefficient (Wildman–Crippen LogP) is 1.32. The van der Waals surface area contributed by atoms with Crippen LogP contribution in [0, 0.1) is 5.92 Å². The molecule has 2 atom stereocenters. The zero-order valence-electron chi connectivity index (χ0n) is 16.8. The molecule has 3 aliphatic heterocycles. The topological polar surface area (TPSA) is 90.5 Å². The molecule has 7 heteroatoms. The lowest BCUT2D eigenvalue weighted by Gasteiger charge is -2.29. The van der Waals surface area contributed by atoms with Crippen LogP contribution in [0.15, 0.2) is 18.2 Å². The summed E-state index contributed by atoms with van der Waals surface area (Å²) in [5, 5.41) is 9.38. The monoisotopic (exact) mass is 398 g/mol. The van der Waals surface area contributed by atoms with Crippen LogP contribution in [0.3, 0.4) is 0 Å². The van der Waals surface area contributed by atoms with Crippen LogP contribution in [0.1, 0.15) is 60.0 Å². The Bertz CT molecular complexity index is 786. The van der Waals surface area contributed by atoms with Gasteiger partial charge in [0.1, 0.15) is 6.04 Å². The molecule has 0 spiro atoms. The molecule has 3 heterocycles. The van der Waals surface area contributed by atoms with E-state index in [4.69, 9.17) is 0 Å². The summed E-state index contributed by atoms with van der Waals surface area (Å²) in [5.74, 6) is -0.0360. The zero-order valence-corrected chi connectivity index (χ0v) is 16.8. The molecule has 2 unspecified atom stereocenters. The fraction of sp³-hybridized carbons (Fsp3) is 0.591. The number of piperidine rings is 1. The van der Waals surface area contributed by atoms with Crippen LogP contribution < -0.4 is 16.0 Å². The number of nitrogens with one attached hydrogen (secondary N) is 3. The van der Waals surface area contributed by atoms with Gasteiger partial charge in [0.2, 0.25) is 11.8 Å². The maximum atomic E-state index is 12.9. The van der Waals surface area contributed by atoms with E-state index in [1.165, 1.54) is 25.7 Å². The number of fused-ring (bicyclic) bond motifs is 1. The largest absolute Gasteiger partial charge is 0.322 e. The van der Waals surface area contributed by atoms with E-state index in [0.717, 1.165) is 37.3 Å². The number of amides is 3. The van der Waals surface area contributed by atoms with Crippen LogP contribution in [0.25, 0.3) is 0 Å². The molecule has 0 aliphatic carbocycles. The van der Waals surface area contributed by atoms with E-state index >= 15 is 0 Å². The van der Waals surface area contributed by atoms with Gasteiger partial charge in [-0.3, -0.25) is 19.7 Å². The molecule has 1 aromatic carbocycles. The van der Waals surface area contributed by atoms with E-state index in [0.29, 0.717) is 24.4 Å². The fourth-order valence-electron chi connectivity index (χ4n) is 4.60. The average molecular weight is 399 g/mol. The van der Waals surface area contributed by atoms with Gasteiger partial charge in [-0.2, -0.15) is 0 Å². The maximum Gasteiger partial charge on any atom is 0.255 e. The number of benzene rings is 1. The van der Waals surface area contributed by atoms with Crippen LogP contribution >= 0.6 is 0 Å². The molecule has 0 saturated carbocycles. The maximum absolute atomic E-state index is 12.9. The lowest BCUT2D eigenvalue weighted by molar-refractivity contribution is -0.136. The minimum absolute atomic E-state index is 0.109. The van der Waals surface area contributed by atoms with Crippen molar-refractivity contribution in [1.82, 2.24) is 20.9 Å². The molecule has 0 bridgehead atoms. The van der Waals surface area contributed by atoms with Gasteiger partial charge in [-0.05, 0) is 68.4 Å². The highest BCUT2D eigenvalue weighted by molar-refractivity contribution is 6.05. The lowest BCUT2D eigenvalue weighted by atomic mass is 9.96. The summed E-state index contributed by atoms with van der Waals surface area (Å²) in [6, 6.07) is 5.46. The van der Waals surface area contributed by atoms with Gasteiger partial charge in [0.25, 0.3) is 5.91 Å². The Hall–Kier alpha value is -2.25. The second-order valence-electron chi connectivity index (χ2n) is 8.42. The summed E-state index contributed by atoms with van der Waals surface area (Å²) < 4.78 is 0. The van der Waals surface area contributed by atoms with E-state index in [9.17, 15) is 14.4 Å². The van der Waals surface area contributed by atoms with Gasteiger partial charge in [0.15, 0.2) is 0 Å². The van der Waals surface area contributed by atoms with Gasteiger partial charge >= 0.3 is 0 Å². The average Bonchev–Trinajstić information content (AvgIpc) is 2.99. The minimum atomic E-state index is -0.554. The Balaban J connectivity index is 1.34. The van der Waals surface area contributed by atoms with Crippen molar-refractivity contribution in [3.05, 3.63) is 34.9 Å². The Labute approximate surface area is 171 Å². The summed E-state index contributed by atoms with van der Waals surface area (Å²) in [7, 11) is 0. The third kappa shape index (κ3) is 4.67. The molecule has 7 nitrogen and oxygen atoms in total. The molecule has 1 aromatic rings. The summed E-state index contributed by atoms with van der Waals surface area (Å²) in [6.07, 6.45) is 5.70. The summed E-state index contributed by atoms with van der Waals surface area (Å²) in [5.41, 5.74) is 2.73. The van der Waals surface area contributed by atoms with Gasteiger partial charge < -0.3 is 15.5 Å². The van der Waals surface area contributed by atoms with E-state index in [-0.39, 0.29) is 24.1 Å². The number of hydrogen-bond acceptors (Lipinski definition) is 5. The Morgan fingerprint density at radius 3 is 2.83 bits per heavy atom. The normalized spacial score (nSPS) is 25.4. The number of carbonyl (C=O) groups excluding carboxylic acids is 3. The number of hydrogen-bond donors (Lipinski definition) is 3. The molecular formula is C22H30N4O3. The fourth-order valence-corrected chi connectivity index (χ4v) is 4.60. The van der Waals surface area contributed by atoms with E-state index in [2.05, 4.69) is 22.0 Å². The smallest absolute Gasteiger partial charge is 0.255 e. The molecular weight excluding hydrogens is 368 g/mol. The standard InChI is InChI=1S/C22H30N4O3/c27-20-7-6-19(21(28)25-20)26-14-17-5-4-16(11-18(17)22(26)29)13-24-12-15-3-1-2-9-23-10-8-15/h4-5,11,15,19,23-24H,1-3,6-10,12-14H2,(H,25,27,28). The van der Waals surface area contributed by atoms with Crippen LogP contribution in [-0.4, -0.2) is 48.3 Å². The van der Waals surface area contributed by atoms with Gasteiger partial charge in [0, 0.05) is 25.1 Å². The van der Waals surface area contributed by atoms with Crippen molar-refractivity contribution in [1.29, 1.82) is 0 Å². The van der Waals surface area contributed by atoms with Crippen LogP contribution in [0.2, 0.25) is 0 Å². The molecule has 4 rings (SSSR count). The third-order valence-electron chi connectivity index (χ3n) is 6.30. The molecule has 29 heavy (non-hydrogen) atoms. The molecule has 3 amide bonds. The first kappa shape index (κ1) is 20.0. The third-order valence-corrected chi connectivity index (χ3v) is 6.30. The van der Waals surface area contributed by atoms with Crippen LogP contribution in [-0.2, 0) is 22.7 Å². The van der Waals surface area contributed by atoms with Crippen molar-refractivity contribution < 1.29 is 14.4 Å². The van der Waals surface area contributed by atoms with Crippen molar-refractivity contribution in [2.75, 3.05) is 19.6 Å². The van der Waals surface area contributed by atoms with Gasteiger partial charge in [-0.25, -0.2) is 0 Å². The molecule has 2 saturated heterocycles. The van der Waals surface area contributed by atoms with E-state index in [1.807, 2.05) is 12.1 Å². The summed E-state index contributed by atoms with van der Waals surface area (Å²) >= 11 is 0. The van der Waals surface area contributed by atoms with E-state index in [1.54, 1.807) is 4.90 Å². The second-order valence-corrected chi connectivity index (χ2v) is 8.42. The molecule has 2 fully saturated rings. The highest BCUT2D eigenvalue weighted by atomic mass is 16.2. The SMILES string of the molecule is O=C1CCC(N2Cc3ccc(CNCC4CCCCNCC4)cc3C2=O)C(=O)N1. The highest BCUT2D eigenvalue weighted by Crippen LogP contribution is 2.28. The van der Waals surface area contributed by atoms with Crippen LogP contribution in [0.4, 0.5) is 0 Å². The number of imide groups is 1. The van der Waals surface area contributed by atoms with Gasteiger partial charge in [-0.15, -0.1) is 0 Å². The number of rotatable bonds is 5. The highest BCUT2D eigenvalue weighted by Gasteiger charge is 2.39. The number of carbonyl (C=O) groups is 3. The number of nitrogens with zero attached hydrogens (tertiary/aromatic N) is 1. The molecule has 0 radical (unpaired) electrons. The first-order chi connectivity index (χ1) is 14.1. The Kier molecular flexibility index (Phi) is 6.25. The first-order valence-electron chi connectivity index (χ1n) is 10.8. The van der Waals surface area contributed by atoms with Gasteiger partial charge in [0.05, 0.1) is 0 Å². The van der Waals surface area contributed by atoms with Crippen molar-refractivity contribution in [2.24, 2.45) is 5.92 Å². The minimum Gasteiger partial charge on any atom is -0.322 e. The summed E-state index contributed by atoms with van der Waals surface area (Å²) in [6.45, 7) is 4.40. The predicted molar refractivity (Wildman–Crippen MR) is 109 cm³/mol. The summed E-state index contributed by atoms with van der Waals surface area (Å²) in [4.78, 5) is 38.0. The van der Waals surface area contributed by atoms with Crippen molar-refractivity contribution in [3.8, 4) is 0 Å². The second kappa shape index (κ2) is 9.05. The van der Waals surface area contributed by atoms with Gasteiger partial charge in [-0.1, -0.05) is 18.6 Å². The Morgan fingerprint density at radius 2 is 1.97 bits per heavy atom.